The zero-order valence-electron chi connectivity index (χ0n) is 8.53. The highest BCUT2D eigenvalue weighted by atomic mass is 14.0. The van der Waals surface area contributed by atoms with Crippen LogP contribution in [-0.4, -0.2) is 0 Å². The molecule has 0 rings (SSSR count). The molecule has 0 aliphatic heterocycles. The van der Waals surface area contributed by atoms with Crippen molar-refractivity contribution in [1.82, 2.24) is 0 Å². The van der Waals surface area contributed by atoms with E-state index in [0.717, 1.165) is 0 Å². The summed E-state index contributed by atoms with van der Waals surface area (Å²) < 4.78 is 0. The SMILES string of the molecule is C=C/C=C\C=C(/C)C(C)/C=C\C=C. The minimum absolute atomic E-state index is 0.465. The summed E-state index contributed by atoms with van der Waals surface area (Å²) in [4.78, 5) is 0. The van der Waals surface area contributed by atoms with E-state index in [2.05, 4.69) is 39.2 Å². The van der Waals surface area contributed by atoms with E-state index < -0.39 is 0 Å². The summed E-state index contributed by atoms with van der Waals surface area (Å²) in [7, 11) is 0. The standard InChI is InChI=1S/C13H18/c1-5-7-9-11-13(4)12(3)10-8-6-2/h5-12H,1-2H2,3-4H3/b9-7-,10-8-,13-11+. The first-order chi connectivity index (χ1) is 6.22. The molecule has 0 bridgehead atoms. The van der Waals surface area contributed by atoms with Gasteiger partial charge in [0.1, 0.15) is 0 Å². The van der Waals surface area contributed by atoms with Crippen molar-refractivity contribution in [1.29, 1.82) is 0 Å². The molecule has 0 spiro atoms. The molecule has 13 heavy (non-hydrogen) atoms. The van der Waals surface area contributed by atoms with E-state index in [1.165, 1.54) is 5.57 Å². The van der Waals surface area contributed by atoms with Crippen LogP contribution in [0, 0.1) is 5.92 Å². The molecule has 0 aromatic rings. The second-order valence-electron chi connectivity index (χ2n) is 2.94. The van der Waals surface area contributed by atoms with Gasteiger partial charge >= 0.3 is 0 Å². The van der Waals surface area contributed by atoms with E-state index in [0.29, 0.717) is 5.92 Å². The lowest BCUT2D eigenvalue weighted by molar-refractivity contribution is 0.863. The van der Waals surface area contributed by atoms with Crippen molar-refractivity contribution in [2.75, 3.05) is 0 Å². The molecule has 0 amide bonds. The largest absolute Gasteiger partial charge is 0.0991 e. The first-order valence-corrected chi connectivity index (χ1v) is 4.47. The second-order valence-corrected chi connectivity index (χ2v) is 2.94. The Morgan fingerprint density at radius 3 is 2.23 bits per heavy atom. The van der Waals surface area contributed by atoms with Gasteiger partial charge in [-0.25, -0.2) is 0 Å². The fourth-order valence-corrected chi connectivity index (χ4v) is 0.835. The normalized spacial score (nSPS) is 15.1. The van der Waals surface area contributed by atoms with Crippen LogP contribution in [0.1, 0.15) is 13.8 Å². The molecule has 0 aliphatic rings. The molecule has 0 nitrogen and oxygen atoms in total. The molecular weight excluding hydrogens is 156 g/mol. The highest BCUT2D eigenvalue weighted by molar-refractivity contribution is 5.19. The number of rotatable bonds is 5. The van der Waals surface area contributed by atoms with E-state index in [1.807, 2.05) is 18.2 Å². The fourth-order valence-electron chi connectivity index (χ4n) is 0.835. The van der Waals surface area contributed by atoms with Gasteiger partial charge in [0, 0.05) is 0 Å². The van der Waals surface area contributed by atoms with E-state index in [-0.39, 0.29) is 0 Å². The third-order valence-corrected chi connectivity index (χ3v) is 1.86. The lowest BCUT2D eigenvalue weighted by Gasteiger charge is -2.04. The lowest BCUT2D eigenvalue weighted by Crippen LogP contribution is -1.89. The summed E-state index contributed by atoms with van der Waals surface area (Å²) in [6, 6.07) is 0. The molecule has 0 aliphatic carbocycles. The van der Waals surface area contributed by atoms with Crippen molar-refractivity contribution in [3.05, 3.63) is 61.3 Å². The van der Waals surface area contributed by atoms with Crippen molar-refractivity contribution in [3.63, 3.8) is 0 Å². The minimum Gasteiger partial charge on any atom is -0.0991 e. The molecule has 0 aromatic carbocycles. The Kier molecular flexibility index (Phi) is 6.62. The van der Waals surface area contributed by atoms with E-state index >= 15 is 0 Å². The van der Waals surface area contributed by atoms with Crippen molar-refractivity contribution < 1.29 is 0 Å². The van der Waals surface area contributed by atoms with Crippen LogP contribution in [-0.2, 0) is 0 Å². The van der Waals surface area contributed by atoms with Crippen LogP contribution in [0.3, 0.4) is 0 Å². The van der Waals surface area contributed by atoms with Crippen molar-refractivity contribution in [3.8, 4) is 0 Å². The fraction of sp³-hybridized carbons (Fsp3) is 0.231. The summed E-state index contributed by atoms with van der Waals surface area (Å²) in [5, 5.41) is 0. The summed E-state index contributed by atoms with van der Waals surface area (Å²) >= 11 is 0. The predicted molar refractivity (Wildman–Crippen MR) is 61.6 cm³/mol. The average molecular weight is 174 g/mol. The van der Waals surface area contributed by atoms with Gasteiger partial charge in [0.2, 0.25) is 0 Å². The van der Waals surface area contributed by atoms with Crippen LogP contribution in [0.25, 0.3) is 0 Å². The van der Waals surface area contributed by atoms with Gasteiger partial charge in [0.25, 0.3) is 0 Å². The molecule has 70 valence electrons. The zero-order valence-corrected chi connectivity index (χ0v) is 8.53. The van der Waals surface area contributed by atoms with Gasteiger partial charge in [0.05, 0.1) is 0 Å². The van der Waals surface area contributed by atoms with Gasteiger partial charge in [0.15, 0.2) is 0 Å². The van der Waals surface area contributed by atoms with Crippen LogP contribution in [0.4, 0.5) is 0 Å². The highest BCUT2D eigenvalue weighted by Crippen LogP contribution is 2.10. The summed E-state index contributed by atoms with van der Waals surface area (Å²) in [5.74, 6) is 0.465. The topological polar surface area (TPSA) is 0 Å². The molecule has 0 radical (unpaired) electrons. The smallest absolute Gasteiger partial charge is 0.00482 e. The van der Waals surface area contributed by atoms with Crippen LogP contribution in [0.15, 0.2) is 61.3 Å². The number of allylic oxidation sites excluding steroid dienone is 8. The molecule has 0 N–H and O–H groups in total. The van der Waals surface area contributed by atoms with Crippen LogP contribution in [0.5, 0.6) is 0 Å². The Bertz CT molecular complexity index is 239. The van der Waals surface area contributed by atoms with Crippen molar-refractivity contribution in [2.24, 2.45) is 5.92 Å². The lowest BCUT2D eigenvalue weighted by atomic mass is 10.0. The summed E-state index contributed by atoms with van der Waals surface area (Å²) in [6.07, 6.45) is 13.7. The first-order valence-electron chi connectivity index (χ1n) is 4.47. The van der Waals surface area contributed by atoms with Crippen molar-refractivity contribution in [2.45, 2.75) is 13.8 Å². The molecule has 1 unspecified atom stereocenters. The molecule has 0 fully saturated rings. The highest BCUT2D eigenvalue weighted by Gasteiger charge is 1.95. The maximum atomic E-state index is 3.63. The van der Waals surface area contributed by atoms with Gasteiger partial charge in [-0.2, -0.15) is 0 Å². The van der Waals surface area contributed by atoms with E-state index in [1.54, 1.807) is 12.2 Å². The van der Waals surface area contributed by atoms with Gasteiger partial charge in [-0.3, -0.25) is 0 Å². The maximum absolute atomic E-state index is 3.63. The van der Waals surface area contributed by atoms with E-state index in [9.17, 15) is 0 Å². The molecule has 0 saturated heterocycles. The quantitative estimate of drug-likeness (QED) is 0.551. The van der Waals surface area contributed by atoms with Gasteiger partial charge in [-0.05, 0) is 12.8 Å². The number of hydrogen-bond acceptors (Lipinski definition) is 0. The molecule has 0 heteroatoms. The molecule has 0 heterocycles. The minimum atomic E-state index is 0.465. The third-order valence-electron chi connectivity index (χ3n) is 1.86. The van der Waals surface area contributed by atoms with Crippen molar-refractivity contribution >= 4 is 0 Å². The summed E-state index contributed by atoms with van der Waals surface area (Å²) in [5.41, 5.74) is 1.33. The molecule has 0 aromatic heterocycles. The Hall–Kier alpha value is -1.30. The first kappa shape index (κ1) is 11.7. The Balaban J connectivity index is 4.22. The van der Waals surface area contributed by atoms with Gasteiger partial charge < -0.3 is 0 Å². The molecular formula is C13H18. The summed E-state index contributed by atoms with van der Waals surface area (Å²) in [6.45, 7) is 11.5. The Morgan fingerprint density at radius 1 is 1.08 bits per heavy atom. The van der Waals surface area contributed by atoms with Gasteiger partial charge in [-0.1, -0.05) is 68.2 Å². The molecule has 1 atom stereocenters. The number of hydrogen-bond donors (Lipinski definition) is 0. The maximum Gasteiger partial charge on any atom is -0.00482 e. The van der Waals surface area contributed by atoms with Crippen LogP contribution in [0.2, 0.25) is 0 Å². The average Bonchev–Trinajstić information content (AvgIpc) is 2.14. The van der Waals surface area contributed by atoms with Gasteiger partial charge in [-0.15, -0.1) is 0 Å². The van der Waals surface area contributed by atoms with Crippen LogP contribution >= 0.6 is 0 Å². The van der Waals surface area contributed by atoms with E-state index in [4.69, 9.17) is 0 Å². The zero-order chi connectivity index (χ0) is 10.1. The Labute approximate surface area is 81.7 Å². The Morgan fingerprint density at radius 2 is 1.69 bits per heavy atom. The van der Waals surface area contributed by atoms with Crippen LogP contribution < -0.4 is 0 Å². The predicted octanol–water partition coefficient (Wildman–Crippen LogP) is 4.05. The third kappa shape index (κ3) is 5.92. The second kappa shape index (κ2) is 7.35. The monoisotopic (exact) mass is 174 g/mol. The molecule has 0 saturated carbocycles.